The highest BCUT2D eigenvalue weighted by Crippen LogP contribution is 2.24. The molecule has 0 saturated heterocycles. The van der Waals surface area contributed by atoms with Gasteiger partial charge in [0.15, 0.2) is 11.4 Å². The number of amidine groups is 1. The molecule has 0 atom stereocenters. The van der Waals surface area contributed by atoms with E-state index < -0.39 is 11.8 Å². The molecule has 0 fully saturated rings. The van der Waals surface area contributed by atoms with Crippen LogP contribution in [0.3, 0.4) is 0 Å². The second-order valence-electron chi connectivity index (χ2n) is 3.27. The van der Waals surface area contributed by atoms with E-state index in [9.17, 15) is 9.18 Å². The second-order valence-corrected chi connectivity index (χ2v) is 4.06. The molecule has 0 spiro atoms. The molecule has 1 rings (SSSR count). The predicted octanol–water partition coefficient (Wildman–Crippen LogP) is 2.25. The quantitative estimate of drug-likeness (QED) is 0.371. The van der Waals surface area contributed by atoms with Crippen LogP contribution >= 0.6 is 11.8 Å². The third-order valence-electron chi connectivity index (χ3n) is 2.14. The summed E-state index contributed by atoms with van der Waals surface area (Å²) in [5.74, 6) is -1.88. The van der Waals surface area contributed by atoms with Crippen LogP contribution in [-0.4, -0.2) is 22.5 Å². The van der Waals surface area contributed by atoms with Crippen LogP contribution < -0.4 is 5.32 Å². The number of hydrogen-bond acceptors (Lipinski definition) is 4. The van der Waals surface area contributed by atoms with Crippen LogP contribution in [0.2, 0.25) is 0 Å². The minimum atomic E-state index is -1.23. The zero-order chi connectivity index (χ0) is 13.7. The zero-order valence-electron chi connectivity index (χ0n) is 9.69. The summed E-state index contributed by atoms with van der Waals surface area (Å²) in [6, 6.07) is 2.20. The molecule has 1 aromatic carbocycles. The predicted molar refractivity (Wildman–Crippen MR) is 67.5 cm³/mol. The Kier molecular flexibility index (Phi) is 4.68. The summed E-state index contributed by atoms with van der Waals surface area (Å²) in [5.41, 5.74) is 0.222. The standard InChI is InChI=1S/C11H10FN3O2S/c1-6-8(12)3-7(10(16)17)4-9(6)15-11(18-2)14-5-13/h3-4H,1-2H3,(H,14,15)(H,16,17). The molecular weight excluding hydrogens is 257 g/mol. The number of nitrogens with one attached hydrogen (secondary N) is 1. The number of aliphatic imine (C=N–C) groups is 1. The van der Waals surface area contributed by atoms with Gasteiger partial charge in [0.05, 0.1) is 11.3 Å². The number of halogens is 1. The zero-order valence-corrected chi connectivity index (χ0v) is 10.5. The molecule has 0 aliphatic heterocycles. The molecule has 2 N–H and O–H groups in total. The molecule has 0 amide bonds. The molecule has 0 aliphatic rings. The Morgan fingerprint density at radius 1 is 1.61 bits per heavy atom. The van der Waals surface area contributed by atoms with Crippen molar-refractivity contribution in [3.8, 4) is 6.19 Å². The topological polar surface area (TPSA) is 85.5 Å². The Morgan fingerprint density at radius 3 is 2.78 bits per heavy atom. The van der Waals surface area contributed by atoms with Gasteiger partial charge in [-0.3, -0.25) is 5.32 Å². The Morgan fingerprint density at radius 2 is 2.28 bits per heavy atom. The number of nitrogens with zero attached hydrogens (tertiary/aromatic N) is 2. The second kappa shape index (κ2) is 6.02. The van der Waals surface area contributed by atoms with Crippen LogP contribution in [0.25, 0.3) is 0 Å². The molecular formula is C11H10FN3O2S. The van der Waals surface area contributed by atoms with Gasteiger partial charge in [0.2, 0.25) is 0 Å². The summed E-state index contributed by atoms with van der Waals surface area (Å²) >= 11 is 1.16. The minimum absolute atomic E-state index is 0.180. The summed E-state index contributed by atoms with van der Waals surface area (Å²) in [5, 5.41) is 19.9. The first-order valence-electron chi connectivity index (χ1n) is 4.80. The van der Waals surface area contributed by atoms with Crippen molar-refractivity contribution in [1.29, 1.82) is 5.26 Å². The third kappa shape index (κ3) is 3.21. The van der Waals surface area contributed by atoms with Gasteiger partial charge < -0.3 is 5.11 Å². The minimum Gasteiger partial charge on any atom is -0.478 e. The average Bonchev–Trinajstić information content (AvgIpc) is 2.33. The number of carbonyl (C=O) groups is 1. The van der Waals surface area contributed by atoms with Crippen molar-refractivity contribution in [2.24, 2.45) is 4.99 Å². The van der Waals surface area contributed by atoms with Crippen molar-refractivity contribution in [2.45, 2.75) is 6.92 Å². The van der Waals surface area contributed by atoms with Crippen LogP contribution in [0.4, 0.5) is 10.1 Å². The van der Waals surface area contributed by atoms with Crippen molar-refractivity contribution in [3.05, 3.63) is 29.1 Å². The number of hydrogen-bond donors (Lipinski definition) is 2. The Bertz CT molecular complexity index is 552. The third-order valence-corrected chi connectivity index (χ3v) is 2.72. The molecule has 0 unspecified atom stereocenters. The summed E-state index contributed by atoms with van der Waals surface area (Å²) in [7, 11) is 0. The van der Waals surface area contributed by atoms with E-state index in [2.05, 4.69) is 10.3 Å². The van der Waals surface area contributed by atoms with E-state index in [4.69, 9.17) is 10.4 Å². The SMILES string of the molecule is CSC(=Nc1cc(C(=O)O)cc(F)c1C)NC#N. The monoisotopic (exact) mass is 267 g/mol. The van der Waals surface area contributed by atoms with Crippen LogP contribution in [-0.2, 0) is 0 Å². The molecule has 0 aromatic heterocycles. The molecule has 5 nitrogen and oxygen atoms in total. The molecule has 0 bridgehead atoms. The lowest BCUT2D eigenvalue weighted by Gasteiger charge is -2.06. The first-order chi connectivity index (χ1) is 8.49. The number of carboxylic acids is 1. The highest BCUT2D eigenvalue weighted by molar-refractivity contribution is 8.13. The number of aromatic carboxylic acids is 1. The molecule has 0 saturated carbocycles. The maximum absolute atomic E-state index is 13.5. The summed E-state index contributed by atoms with van der Waals surface area (Å²) in [6.07, 6.45) is 3.39. The van der Waals surface area contributed by atoms with Crippen molar-refractivity contribution in [3.63, 3.8) is 0 Å². The van der Waals surface area contributed by atoms with E-state index in [1.165, 1.54) is 13.0 Å². The first kappa shape index (κ1) is 14.0. The maximum Gasteiger partial charge on any atom is 0.335 e. The Balaban J connectivity index is 3.31. The van der Waals surface area contributed by atoms with Crippen LogP contribution in [0.5, 0.6) is 0 Å². The molecule has 18 heavy (non-hydrogen) atoms. The van der Waals surface area contributed by atoms with Crippen LogP contribution in [0, 0.1) is 24.2 Å². The average molecular weight is 267 g/mol. The molecule has 94 valence electrons. The van der Waals surface area contributed by atoms with Gasteiger partial charge in [-0.2, -0.15) is 5.26 Å². The highest BCUT2D eigenvalue weighted by atomic mass is 32.2. The van der Waals surface area contributed by atoms with Crippen LogP contribution in [0.15, 0.2) is 17.1 Å². The van der Waals surface area contributed by atoms with Crippen molar-refractivity contribution in [2.75, 3.05) is 6.26 Å². The summed E-state index contributed by atoms with van der Waals surface area (Å²) in [6.45, 7) is 1.49. The van der Waals surface area contributed by atoms with E-state index in [1.807, 2.05) is 0 Å². The summed E-state index contributed by atoms with van der Waals surface area (Å²) in [4.78, 5) is 14.8. The van der Waals surface area contributed by atoms with Crippen molar-refractivity contribution in [1.82, 2.24) is 5.32 Å². The number of nitriles is 1. The van der Waals surface area contributed by atoms with Gasteiger partial charge in [-0.05, 0) is 25.3 Å². The van der Waals surface area contributed by atoms with Gasteiger partial charge in [-0.15, -0.1) is 0 Å². The molecule has 1 aromatic rings. The maximum atomic E-state index is 13.5. The summed E-state index contributed by atoms with van der Waals surface area (Å²) < 4.78 is 13.5. The molecule has 0 aliphatic carbocycles. The van der Waals surface area contributed by atoms with Gasteiger partial charge >= 0.3 is 5.97 Å². The smallest absolute Gasteiger partial charge is 0.335 e. The van der Waals surface area contributed by atoms with Gasteiger partial charge in [0, 0.05) is 5.56 Å². The largest absolute Gasteiger partial charge is 0.478 e. The molecule has 7 heteroatoms. The normalized spacial score (nSPS) is 10.9. The fraction of sp³-hybridized carbons (Fsp3) is 0.182. The molecule has 0 heterocycles. The van der Waals surface area contributed by atoms with Gasteiger partial charge in [0.1, 0.15) is 5.82 Å². The fourth-order valence-corrected chi connectivity index (χ4v) is 1.52. The number of rotatable bonds is 2. The Labute approximate surface area is 107 Å². The lowest BCUT2D eigenvalue weighted by atomic mass is 10.1. The van der Waals surface area contributed by atoms with E-state index in [1.54, 1.807) is 12.4 Å². The fourth-order valence-electron chi connectivity index (χ4n) is 1.19. The number of carboxylic acid groups (broad SMARTS) is 1. The molecule has 0 radical (unpaired) electrons. The van der Waals surface area contributed by atoms with E-state index in [0.717, 1.165) is 17.8 Å². The van der Waals surface area contributed by atoms with Crippen LogP contribution in [0.1, 0.15) is 15.9 Å². The lowest BCUT2D eigenvalue weighted by molar-refractivity contribution is 0.0696. The first-order valence-corrected chi connectivity index (χ1v) is 6.03. The van der Waals surface area contributed by atoms with E-state index >= 15 is 0 Å². The number of benzene rings is 1. The highest BCUT2D eigenvalue weighted by Gasteiger charge is 2.11. The van der Waals surface area contributed by atoms with E-state index in [-0.39, 0.29) is 22.0 Å². The Hall–Kier alpha value is -2.07. The van der Waals surface area contributed by atoms with Gasteiger partial charge in [-0.25, -0.2) is 14.2 Å². The lowest BCUT2D eigenvalue weighted by Crippen LogP contribution is -2.12. The van der Waals surface area contributed by atoms with Crippen molar-refractivity contribution >= 4 is 28.6 Å². The van der Waals surface area contributed by atoms with Gasteiger partial charge in [0.25, 0.3) is 0 Å². The van der Waals surface area contributed by atoms with E-state index in [0.29, 0.717) is 0 Å². The van der Waals surface area contributed by atoms with Crippen molar-refractivity contribution < 1.29 is 14.3 Å². The van der Waals surface area contributed by atoms with Gasteiger partial charge in [-0.1, -0.05) is 11.8 Å². The number of thioether (sulfide) groups is 1.